The van der Waals surface area contributed by atoms with Gasteiger partial charge in [0.05, 0.1) is 4.92 Å². The van der Waals surface area contributed by atoms with Gasteiger partial charge in [0, 0.05) is 42.2 Å². The lowest BCUT2D eigenvalue weighted by molar-refractivity contribution is -0.384. The maximum atomic E-state index is 12.9. The number of nitro groups is 1. The van der Waals surface area contributed by atoms with Gasteiger partial charge in [-0.1, -0.05) is 37.3 Å². The number of carbonyl (C=O) groups is 2. The van der Waals surface area contributed by atoms with Crippen LogP contribution in [-0.2, 0) is 6.42 Å². The summed E-state index contributed by atoms with van der Waals surface area (Å²) in [5.74, 6) is -0.212. The molecule has 0 radical (unpaired) electrons. The minimum Gasteiger partial charge on any atom is -0.350 e. The van der Waals surface area contributed by atoms with Crippen molar-refractivity contribution in [1.82, 2.24) is 5.32 Å². The van der Waals surface area contributed by atoms with Gasteiger partial charge in [-0.3, -0.25) is 19.8 Å². The molecular formula is C24H24N4O4. The molecule has 3 aromatic rings. The van der Waals surface area contributed by atoms with Gasteiger partial charge in [0.25, 0.3) is 11.6 Å². The van der Waals surface area contributed by atoms with Crippen molar-refractivity contribution in [3.63, 3.8) is 0 Å². The molecule has 0 aliphatic carbocycles. The molecule has 0 fully saturated rings. The number of hydrogen-bond acceptors (Lipinski definition) is 4. The lowest BCUT2D eigenvalue weighted by Gasteiger charge is -2.23. The zero-order valence-corrected chi connectivity index (χ0v) is 17.7. The predicted molar refractivity (Wildman–Crippen MR) is 124 cm³/mol. The average Bonchev–Trinajstić information content (AvgIpc) is 2.82. The van der Waals surface area contributed by atoms with E-state index < -0.39 is 11.0 Å². The number of para-hydroxylation sites is 1. The first-order chi connectivity index (χ1) is 15.5. The van der Waals surface area contributed by atoms with Crippen LogP contribution < -0.4 is 15.5 Å². The van der Waals surface area contributed by atoms with Crippen molar-refractivity contribution < 1.29 is 14.5 Å². The van der Waals surface area contributed by atoms with Gasteiger partial charge >= 0.3 is 6.03 Å². The van der Waals surface area contributed by atoms with E-state index in [2.05, 4.69) is 17.6 Å². The van der Waals surface area contributed by atoms with E-state index in [4.69, 9.17) is 0 Å². The molecule has 2 N–H and O–H groups in total. The summed E-state index contributed by atoms with van der Waals surface area (Å²) in [6, 6.07) is 21.7. The molecule has 8 nitrogen and oxygen atoms in total. The third-order valence-electron chi connectivity index (χ3n) is 4.89. The quantitative estimate of drug-likeness (QED) is 0.400. The standard InChI is InChI=1S/C24H24N4O4/c1-2-18-8-10-19(11-9-18)23(29)25-16-17-27(21-6-4-3-5-7-21)24(30)26-20-12-14-22(15-13-20)28(31)32/h3-15H,2,16-17H2,1H3,(H,25,29)(H,26,30). The molecule has 0 spiro atoms. The zero-order valence-electron chi connectivity index (χ0n) is 17.7. The summed E-state index contributed by atoms with van der Waals surface area (Å²) in [5.41, 5.74) is 2.75. The van der Waals surface area contributed by atoms with Crippen molar-refractivity contribution in [2.45, 2.75) is 13.3 Å². The van der Waals surface area contributed by atoms with E-state index in [0.29, 0.717) is 16.9 Å². The molecule has 3 amide bonds. The molecule has 3 aromatic carbocycles. The second-order valence-corrected chi connectivity index (χ2v) is 7.03. The second-order valence-electron chi connectivity index (χ2n) is 7.03. The van der Waals surface area contributed by atoms with Crippen LogP contribution in [0.4, 0.5) is 21.9 Å². The van der Waals surface area contributed by atoms with Crippen molar-refractivity contribution in [2.75, 3.05) is 23.3 Å². The number of nitro benzene ring substituents is 1. The molecule has 0 unspecified atom stereocenters. The van der Waals surface area contributed by atoms with E-state index in [-0.39, 0.29) is 24.7 Å². The van der Waals surface area contributed by atoms with Crippen LogP contribution in [0.15, 0.2) is 78.9 Å². The first-order valence-electron chi connectivity index (χ1n) is 10.2. The molecule has 0 heterocycles. The lowest BCUT2D eigenvalue weighted by Crippen LogP contribution is -2.41. The smallest absolute Gasteiger partial charge is 0.326 e. The number of benzene rings is 3. The number of anilines is 2. The van der Waals surface area contributed by atoms with Crippen LogP contribution in [0.1, 0.15) is 22.8 Å². The third-order valence-corrected chi connectivity index (χ3v) is 4.89. The van der Waals surface area contributed by atoms with Crippen LogP contribution in [0.2, 0.25) is 0 Å². The average molecular weight is 432 g/mol. The molecule has 8 heteroatoms. The number of nitrogens with one attached hydrogen (secondary N) is 2. The van der Waals surface area contributed by atoms with E-state index in [1.165, 1.54) is 29.2 Å². The number of rotatable bonds is 8. The van der Waals surface area contributed by atoms with Crippen LogP contribution in [0.5, 0.6) is 0 Å². The highest BCUT2D eigenvalue weighted by Gasteiger charge is 2.17. The molecule has 0 saturated heterocycles. The molecule has 164 valence electrons. The number of aryl methyl sites for hydroxylation is 1. The number of nitrogens with zero attached hydrogens (tertiary/aromatic N) is 2. The number of hydrogen-bond donors (Lipinski definition) is 2. The van der Waals surface area contributed by atoms with Crippen LogP contribution in [0, 0.1) is 10.1 Å². The van der Waals surface area contributed by atoms with Crippen LogP contribution >= 0.6 is 0 Å². The monoisotopic (exact) mass is 432 g/mol. The van der Waals surface area contributed by atoms with Crippen LogP contribution in [0.3, 0.4) is 0 Å². The molecule has 0 aliphatic rings. The van der Waals surface area contributed by atoms with E-state index in [1.807, 2.05) is 30.3 Å². The number of non-ortho nitro benzene ring substituents is 1. The van der Waals surface area contributed by atoms with E-state index in [0.717, 1.165) is 12.0 Å². The minimum absolute atomic E-state index is 0.0578. The van der Waals surface area contributed by atoms with Gasteiger partial charge in [-0.05, 0) is 48.4 Å². The highest BCUT2D eigenvalue weighted by Crippen LogP contribution is 2.18. The van der Waals surface area contributed by atoms with Gasteiger partial charge in [-0.2, -0.15) is 0 Å². The molecule has 0 aliphatic heterocycles. The minimum atomic E-state index is -0.500. The maximum absolute atomic E-state index is 12.9. The summed E-state index contributed by atoms with van der Waals surface area (Å²) in [5, 5.41) is 16.4. The lowest BCUT2D eigenvalue weighted by atomic mass is 10.1. The number of carbonyl (C=O) groups excluding carboxylic acids is 2. The number of urea groups is 1. The first-order valence-corrected chi connectivity index (χ1v) is 10.2. The Bertz CT molecular complexity index is 1070. The fourth-order valence-electron chi connectivity index (χ4n) is 3.09. The normalized spacial score (nSPS) is 10.3. The number of amides is 3. The molecular weight excluding hydrogens is 408 g/mol. The van der Waals surface area contributed by atoms with Gasteiger partial charge in [0.1, 0.15) is 0 Å². The molecule has 3 rings (SSSR count). The Labute approximate surface area is 186 Å². The maximum Gasteiger partial charge on any atom is 0.326 e. The molecule has 32 heavy (non-hydrogen) atoms. The Morgan fingerprint density at radius 2 is 1.59 bits per heavy atom. The van der Waals surface area contributed by atoms with Crippen molar-refractivity contribution >= 4 is 29.0 Å². The van der Waals surface area contributed by atoms with Crippen molar-refractivity contribution in [3.05, 3.63) is 100 Å². The third kappa shape index (κ3) is 5.91. The molecule has 0 atom stereocenters. The Hall–Kier alpha value is -4.20. The van der Waals surface area contributed by atoms with Gasteiger partial charge in [-0.15, -0.1) is 0 Å². The first kappa shape index (κ1) is 22.5. The summed E-state index contributed by atoms with van der Waals surface area (Å²) in [6.45, 7) is 2.54. The van der Waals surface area contributed by atoms with Crippen molar-refractivity contribution in [1.29, 1.82) is 0 Å². The van der Waals surface area contributed by atoms with E-state index >= 15 is 0 Å². The van der Waals surface area contributed by atoms with Gasteiger partial charge in [0.2, 0.25) is 0 Å². The second kappa shape index (κ2) is 10.7. The topological polar surface area (TPSA) is 105 Å². The van der Waals surface area contributed by atoms with Gasteiger partial charge in [-0.25, -0.2) is 4.79 Å². The highest BCUT2D eigenvalue weighted by atomic mass is 16.6. The molecule has 0 aromatic heterocycles. The van der Waals surface area contributed by atoms with Crippen molar-refractivity contribution in [2.24, 2.45) is 0 Å². The van der Waals surface area contributed by atoms with Gasteiger partial charge < -0.3 is 10.6 Å². The SMILES string of the molecule is CCc1ccc(C(=O)NCCN(C(=O)Nc2ccc([N+](=O)[O-])cc2)c2ccccc2)cc1. The summed E-state index contributed by atoms with van der Waals surface area (Å²) < 4.78 is 0. The Kier molecular flexibility index (Phi) is 7.53. The summed E-state index contributed by atoms with van der Waals surface area (Å²) >= 11 is 0. The summed E-state index contributed by atoms with van der Waals surface area (Å²) in [6.07, 6.45) is 0.901. The largest absolute Gasteiger partial charge is 0.350 e. The highest BCUT2D eigenvalue weighted by molar-refractivity contribution is 6.02. The van der Waals surface area contributed by atoms with Crippen LogP contribution in [-0.4, -0.2) is 30.0 Å². The Balaban J connectivity index is 1.65. The molecule has 0 bridgehead atoms. The van der Waals surface area contributed by atoms with Crippen LogP contribution in [0.25, 0.3) is 0 Å². The van der Waals surface area contributed by atoms with E-state index in [1.54, 1.807) is 24.3 Å². The summed E-state index contributed by atoms with van der Waals surface area (Å²) in [7, 11) is 0. The zero-order chi connectivity index (χ0) is 22.9. The Morgan fingerprint density at radius 1 is 0.938 bits per heavy atom. The van der Waals surface area contributed by atoms with Crippen molar-refractivity contribution in [3.8, 4) is 0 Å². The summed E-state index contributed by atoms with van der Waals surface area (Å²) in [4.78, 5) is 37.2. The predicted octanol–water partition coefficient (Wildman–Crippen LogP) is 4.63. The Morgan fingerprint density at radius 3 is 2.19 bits per heavy atom. The van der Waals surface area contributed by atoms with Gasteiger partial charge in [0.15, 0.2) is 0 Å². The fraction of sp³-hybridized carbons (Fsp3) is 0.167. The molecule has 0 saturated carbocycles. The van der Waals surface area contributed by atoms with E-state index in [9.17, 15) is 19.7 Å². The fourth-order valence-corrected chi connectivity index (χ4v) is 3.09.